The average Bonchev–Trinajstić information content (AvgIpc) is 2.95. The van der Waals surface area contributed by atoms with Crippen molar-refractivity contribution in [1.29, 1.82) is 5.26 Å². The summed E-state index contributed by atoms with van der Waals surface area (Å²) in [7, 11) is 0. The van der Waals surface area contributed by atoms with Gasteiger partial charge in [-0.25, -0.2) is 0 Å². The number of aromatic amines is 1. The lowest BCUT2D eigenvalue weighted by molar-refractivity contribution is 0.104. The van der Waals surface area contributed by atoms with E-state index in [4.69, 9.17) is 0 Å². The second kappa shape index (κ2) is 6.77. The van der Waals surface area contributed by atoms with Gasteiger partial charge in [-0.15, -0.1) is 11.8 Å². The van der Waals surface area contributed by atoms with Crippen LogP contribution in [0.1, 0.15) is 21.6 Å². The van der Waals surface area contributed by atoms with E-state index in [0.717, 1.165) is 27.1 Å². The van der Waals surface area contributed by atoms with E-state index >= 15 is 0 Å². The third-order valence-corrected chi connectivity index (χ3v) is 4.66. The molecule has 0 aliphatic rings. The van der Waals surface area contributed by atoms with Gasteiger partial charge in [0.15, 0.2) is 0 Å². The second-order valence-electron chi connectivity index (χ2n) is 5.44. The predicted octanol–water partition coefficient (Wildman–Crippen LogP) is 4.99. The maximum Gasteiger partial charge on any atom is 0.205 e. The molecule has 0 atom stereocenters. The summed E-state index contributed by atoms with van der Waals surface area (Å²) in [4.78, 5) is 17.2. The number of allylic oxidation sites excluding steroid dienone is 1. The van der Waals surface area contributed by atoms with Crippen LogP contribution in [0.2, 0.25) is 0 Å². The van der Waals surface area contributed by atoms with Crippen LogP contribution in [0.4, 0.5) is 0 Å². The summed E-state index contributed by atoms with van der Waals surface area (Å²) in [6, 6.07) is 17.5. The number of carbonyl (C=O) groups is 1. The summed E-state index contributed by atoms with van der Waals surface area (Å²) >= 11 is 1.65. The number of nitrogens with zero attached hydrogens (tertiary/aromatic N) is 1. The van der Waals surface area contributed by atoms with Gasteiger partial charge in [-0.1, -0.05) is 30.3 Å². The number of hydrogen-bond acceptors (Lipinski definition) is 3. The number of rotatable bonds is 4. The molecule has 3 rings (SSSR count). The number of benzene rings is 2. The van der Waals surface area contributed by atoms with Gasteiger partial charge in [-0.3, -0.25) is 4.79 Å². The van der Waals surface area contributed by atoms with Crippen molar-refractivity contribution in [2.24, 2.45) is 0 Å². The van der Waals surface area contributed by atoms with Crippen LogP contribution in [0.25, 0.3) is 17.0 Å². The SMILES string of the molecule is CSc1ccc(/C=C(\C#N)C(=O)c2c(C)[nH]c3ccccc23)cc1. The van der Waals surface area contributed by atoms with Crippen molar-refractivity contribution >= 4 is 34.5 Å². The van der Waals surface area contributed by atoms with Crippen LogP contribution in [0, 0.1) is 18.3 Å². The van der Waals surface area contributed by atoms with Gasteiger partial charge in [0.25, 0.3) is 0 Å². The standard InChI is InChI=1S/C20H16N2OS/c1-13-19(17-5-3-4-6-18(17)22-13)20(23)15(12-21)11-14-7-9-16(24-2)10-8-14/h3-11,22H,1-2H3/b15-11+. The normalized spacial score (nSPS) is 11.5. The van der Waals surface area contributed by atoms with Gasteiger partial charge in [0.2, 0.25) is 5.78 Å². The zero-order valence-electron chi connectivity index (χ0n) is 13.5. The third kappa shape index (κ3) is 2.99. The Bertz CT molecular complexity index is 975. The molecule has 24 heavy (non-hydrogen) atoms. The lowest BCUT2D eigenvalue weighted by atomic mass is 9.99. The molecular weight excluding hydrogens is 316 g/mol. The maximum atomic E-state index is 12.9. The summed E-state index contributed by atoms with van der Waals surface area (Å²) in [5, 5.41) is 10.3. The summed E-state index contributed by atoms with van der Waals surface area (Å²) in [5.74, 6) is -0.249. The summed E-state index contributed by atoms with van der Waals surface area (Å²) in [6.45, 7) is 1.86. The Kier molecular flexibility index (Phi) is 4.54. The monoisotopic (exact) mass is 332 g/mol. The highest BCUT2D eigenvalue weighted by Gasteiger charge is 2.19. The van der Waals surface area contributed by atoms with E-state index in [-0.39, 0.29) is 11.4 Å². The van der Waals surface area contributed by atoms with Gasteiger partial charge in [0, 0.05) is 21.5 Å². The number of nitriles is 1. The van der Waals surface area contributed by atoms with Crippen molar-refractivity contribution in [1.82, 2.24) is 4.98 Å². The highest BCUT2D eigenvalue weighted by Crippen LogP contribution is 2.25. The fourth-order valence-corrected chi connectivity index (χ4v) is 3.13. The fourth-order valence-electron chi connectivity index (χ4n) is 2.72. The van der Waals surface area contributed by atoms with Gasteiger partial charge in [0.1, 0.15) is 11.6 Å². The van der Waals surface area contributed by atoms with Crippen molar-refractivity contribution in [3.05, 3.63) is 70.9 Å². The number of Topliss-reactive ketones (excluding diaryl/α,β-unsaturated/α-hetero) is 1. The minimum absolute atomic E-state index is 0.139. The molecule has 3 aromatic rings. The number of thioether (sulfide) groups is 1. The van der Waals surface area contributed by atoms with Crippen molar-refractivity contribution < 1.29 is 4.79 Å². The molecule has 118 valence electrons. The number of nitrogens with one attached hydrogen (secondary N) is 1. The van der Waals surface area contributed by atoms with E-state index in [1.807, 2.05) is 61.7 Å². The Morgan fingerprint density at radius 1 is 1.17 bits per heavy atom. The van der Waals surface area contributed by atoms with E-state index in [2.05, 4.69) is 11.1 Å². The van der Waals surface area contributed by atoms with Gasteiger partial charge in [-0.2, -0.15) is 5.26 Å². The van der Waals surface area contributed by atoms with E-state index < -0.39 is 0 Å². The first kappa shape index (κ1) is 16.1. The molecule has 1 N–H and O–H groups in total. The third-order valence-electron chi connectivity index (χ3n) is 3.91. The van der Waals surface area contributed by atoms with Crippen molar-refractivity contribution in [3.8, 4) is 6.07 Å². The molecule has 0 radical (unpaired) electrons. The Morgan fingerprint density at radius 3 is 2.54 bits per heavy atom. The van der Waals surface area contributed by atoms with E-state index in [0.29, 0.717) is 5.56 Å². The molecule has 0 spiro atoms. The number of hydrogen-bond donors (Lipinski definition) is 1. The molecule has 1 heterocycles. The van der Waals surface area contributed by atoms with Crippen LogP contribution in [0.15, 0.2) is 59.0 Å². The Balaban J connectivity index is 2.03. The molecule has 0 unspecified atom stereocenters. The molecule has 0 aliphatic heterocycles. The van der Waals surface area contributed by atoms with Crippen LogP contribution in [-0.2, 0) is 0 Å². The molecule has 0 bridgehead atoms. The summed E-state index contributed by atoms with van der Waals surface area (Å²) in [5.41, 5.74) is 3.23. The zero-order valence-corrected chi connectivity index (χ0v) is 14.3. The topological polar surface area (TPSA) is 56.6 Å². The fraction of sp³-hybridized carbons (Fsp3) is 0.100. The Morgan fingerprint density at radius 2 is 1.88 bits per heavy atom. The van der Waals surface area contributed by atoms with Gasteiger partial charge in [-0.05, 0) is 43.0 Å². The van der Waals surface area contributed by atoms with Crippen molar-refractivity contribution in [3.63, 3.8) is 0 Å². The first-order valence-electron chi connectivity index (χ1n) is 7.52. The van der Waals surface area contributed by atoms with Crippen LogP contribution < -0.4 is 0 Å². The number of aromatic nitrogens is 1. The number of carbonyl (C=O) groups excluding carboxylic acids is 1. The van der Waals surface area contributed by atoms with Gasteiger partial charge in [0.05, 0.1) is 5.56 Å². The van der Waals surface area contributed by atoms with E-state index in [9.17, 15) is 10.1 Å². The summed E-state index contributed by atoms with van der Waals surface area (Å²) < 4.78 is 0. The average molecular weight is 332 g/mol. The molecule has 0 aliphatic carbocycles. The molecule has 2 aromatic carbocycles. The first-order valence-corrected chi connectivity index (χ1v) is 8.74. The van der Waals surface area contributed by atoms with Gasteiger partial charge < -0.3 is 4.98 Å². The molecule has 1 aromatic heterocycles. The highest BCUT2D eigenvalue weighted by molar-refractivity contribution is 7.98. The molecule has 0 amide bonds. The molecule has 0 fully saturated rings. The number of fused-ring (bicyclic) bond motifs is 1. The smallest absolute Gasteiger partial charge is 0.205 e. The van der Waals surface area contributed by atoms with Crippen LogP contribution in [0.3, 0.4) is 0 Å². The first-order chi connectivity index (χ1) is 11.6. The molecule has 0 saturated carbocycles. The predicted molar refractivity (Wildman–Crippen MR) is 99.2 cm³/mol. The lowest BCUT2D eigenvalue weighted by Crippen LogP contribution is -2.03. The molecular formula is C20H16N2OS. The largest absolute Gasteiger partial charge is 0.358 e. The minimum Gasteiger partial charge on any atom is -0.358 e. The van der Waals surface area contributed by atoms with Crippen molar-refractivity contribution in [2.75, 3.05) is 6.26 Å². The summed E-state index contributed by atoms with van der Waals surface area (Å²) in [6.07, 6.45) is 3.66. The Labute approximate surface area is 145 Å². The number of H-pyrrole nitrogens is 1. The number of aryl methyl sites for hydroxylation is 1. The van der Waals surface area contributed by atoms with Crippen LogP contribution in [-0.4, -0.2) is 17.0 Å². The molecule has 4 heteroatoms. The molecule has 0 saturated heterocycles. The number of para-hydroxylation sites is 1. The van der Waals surface area contributed by atoms with Crippen LogP contribution >= 0.6 is 11.8 Å². The quantitative estimate of drug-likeness (QED) is 0.317. The number of ketones is 1. The maximum absolute atomic E-state index is 12.9. The van der Waals surface area contributed by atoms with E-state index in [1.54, 1.807) is 17.8 Å². The van der Waals surface area contributed by atoms with Crippen molar-refractivity contribution in [2.45, 2.75) is 11.8 Å². The zero-order chi connectivity index (χ0) is 17.1. The Hall–Kier alpha value is -2.77. The van der Waals surface area contributed by atoms with E-state index in [1.165, 1.54) is 0 Å². The molecule has 3 nitrogen and oxygen atoms in total. The highest BCUT2D eigenvalue weighted by atomic mass is 32.2. The van der Waals surface area contributed by atoms with Gasteiger partial charge >= 0.3 is 0 Å². The minimum atomic E-state index is -0.249. The lowest BCUT2D eigenvalue weighted by Gasteiger charge is -2.01. The second-order valence-corrected chi connectivity index (χ2v) is 6.32. The van der Waals surface area contributed by atoms with Crippen LogP contribution in [0.5, 0.6) is 0 Å².